The molecule has 0 spiro atoms. The summed E-state index contributed by atoms with van der Waals surface area (Å²) in [5.41, 5.74) is 2.39. The number of halogens is 1. The number of carbonyl (C=O) groups excluding carboxylic acids is 1. The Morgan fingerprint density at radius 3 is 2.65 bits per heavy atom. The van der Waals surface area contributed by atoms with Crippen LogP contribution in [0.15, 0.2) is 51.6 Å². The van der Waals surface area contributed by atoms with Crippen molar-refractivity contribution in [2.45, 2.75) is 6.54 Å². The maximum Gasteiger partial charge on any atom is 0.246 e. The molecule has 1 fully saturated rings. The SMILES string of the molecule is O=C(/C=C/c1ccccc1Br)N1CCN(Cc2ccsc2)CC1. The van der Waals surface area contributed by atoms with Gasteiger partial charge in [0.15, 0.2) is 0 Å². The van der Waals surface area contributed by atoms with E-state index in [1.807, 2.05) is 35.2 Å². The molecule has 2 heterocycles. The van der Waals surface area contributed by atoms with Crippen molar-refractivity contribution < 1.29 is 4.79 Å². The lowest BCUT2D eigenvalue weighted by atomic mass is 10.2. The number of hydrogen-bond acceptors (Lipinski definition) is 3. The lowest BCUT2D eigenvalue weighted by Gasteiger charge is -2.34. The van der Waals surface area contributed by atoms with Gasteiger partial charge in [-0.05, 0) is 40.1 Å². The van der Waals surface area contributed by atoms with Crippen LogP contribution in [-0.2, 0) is 11.3 Å². The summed E-state index contributed by atoms with van der Waals surface area (Å²) in [6, 6.07) is 10.1. The number of hydrogen-bond donors (Lipinski definition) is 0. The van der Waals surface area contributed by atoms with Gasteiger partial charge in [-0.15, -0.1) is 0 Å². The fraction of sp³-hybridized carbons (Fsp3) is 0.278. The number of nitrogens with zero attached hydrogens (tertiary/aromatic N) is 2. The molecule has 0 aliphatic carbocycles. The van der Waals surface area contributed by atoms with E-state index in [2.05, 4.69) is 37.7 Å². The third kappa shape index (κ3) is 4.53. The molecule has 0 N–H and O–H groups in total. The van der Waals surface area contributed by atoms with Crippen molar-refractivity contribution in [1.29, 1.82) is 0 Å². The van der Waals surface area contributed by atoms with Gasteiger partial charge >= 0.3 is 0 Å². The molecular weight excluding hydrogens is 372 g/mol. The van der Waals surface area contributed by atoms with Crippen molar-refractivity contribution in [3.8, 4) is 0 Å². The van der Waals surface area contributed by atoms with Crippen LogP contribution in [0, 0.1) is 0 Å². The topological polar surface area (TPSA) is 23.6 Å². The molecule has 0 radical (unpaired) electrons. The molecular formula is C18H19BrN2OS. The second-order valence-corrected chi connectivity index (χ2v) is 7.22. The van der Waals surface area contributed by atoms with E-state index >= 15 is 0 Å². The van der Waals surface area contributed by atoms with Gasteiger partial charge in [-0.25, -0.2) is 0 Å². The second kappa shape index (κ2) is 7.90. The first kappa shape index (κ1) is 16.4. The Kier molecular flexibility index (Phi) is 5.65. The molecule has 1 aromatic carbocycles. The molecule has 1 saturated heterocycles. The Hall–Kier alpha value is -1.43. The molecule has 1 amide bonds. The van der Waals surface area contributed by atoms with Crippen LogP contribution in [-0.4, -0.2) is 41.9 Å². The van der Waals surface area contributed by atoms with Crippen LogP contribution < -0.4 is 0 Å². The summed E-state index contributed by atoms with van der Waals surface area (Å²) in [5, 5.41) is 4.31. The quantitative estimate of drug-likeness (QED) is 0.739. The van der Waals surface area contributed by atoms with Crippen LogP contribution in [0.1, 0.15) is 11.1 Å². The third-order valence-electron chi connectivity index (χ3n) is 3.98. The van der Waals surface area contributed by atoms with Gasteiger partial charge in [0, 0.05) is 43.3 Å². The summed E-state index contributed by atoms with van der Waals surface area (Å²) < 4.78 is 1.00. The van der Waals surface area contributed by atoms with Crippen LogP contribution in [0.2, 0.25) is 0 Å². The van der Waals surface area contributed by atoms with E-state index in [-0.39, 0.29) is 5.91 Å². The lowest BCUT2D eigenvalue weighted by Crippen LogP contribution is -2.47. The summed E-state index contributed by atoms with van der Waals surface area (Å²) in [6.45, 7) is 4.44. The minimum atomic E-state index is 0.0935. The molecule has 1 aliphatic heterocycles. The highest BCUT2D eigenvalue weighted by molar-refractivity contribution is 9.10. The monoisotopic (exact) mass is 390 g/mol. The van der Waals surface area contributed by atoms with Gasteiger partial charge in [0.2, 0.25) is 5.91 Å². The molecule has 3 nitrogen and oxygen atoms in total. The average molecular weight is 391 g/mol. The van der Waals surface area contributed by atoms with Gasteiger partial charge in [0.25, 0.3) is 0 Å². The van der Waals surface area contributed by atoms with Gasteiger partial charge in [0.05, 0.1) is 0 Å². The van der Waals surface area contributed by atoms with E-state index in [1.165, 1.54) is 5.56 Å². The third-order valence-corrected chi connectivity index (χ3v) is 5.44. The first-order valence-corrected chi connectivity index (χ1v) is 9.41. The fourth-order valence-electron chi connectivity index (χ4n) is 2.64. The number of thiophene rings is 1. The van der Waals surface area contributed by atoms with Crippen LogP contribution >= 0.6 is 27.3 Å². The summed E-state index contributed by atoms with van der Waals surface area (Å²) in [5.74, 6) is 0.0935. The molecule has 23 heavy (non-hydrogen) atoms. The van der Waals surface area contributed by atoms with E-state index in [4.69, 9.17) is 0 Å². The highest BCUT2D eigenvalue weighted by atomic mass is 79.9. The van der Waals surface area contributed by atoms with Gasteiger partial charge in [-0.3, -0.25) is 9.69 Å². The van der Waals surface area contributed by atoms with Crippen LogP contribution in [0.4, 0.5) is 0 Å². The molecule has 0 atom stereocenters. The van der Waals surface area contributed by atoms with E-state index in [0.717, 1.165) is 42.8 Å². The molecule has 1 aromatic heterocycles. The van der Waals surface area contributed by atoms with Crippen molar-refractivity contribution in [2.75, 3.05) is 26.2 Å². The molecule has 5 heteroatoms. The van der Waals surface area contributed by atoms with Gasteiger partial charge < -0.3 is 4.90 Å². The van der Waals surface area contributed by atoms with Gasteiger partial charge in [0.1, 0.15) is 0 Å². The minimum Gasteiger partial charge on any atom is -0.337 e. The van der Waals surface area contributed by atoms with Crippen molar-refractivity contribution in [3.63, 3.8) is 0 Å². The van der Waals surface area contributed by atoms with E-state index in [0.29, 0.717) is 0 Å². The zero-order valence-corrected chi connectivity index (χ0v) is 15.2. The summed E-state index contributed by atoms with van der Waals surface area (Å²) in [6.07, 6.45) is 3.55. The molecule has 2 aromatic rings. The number of benzene rings is 1. The fourth-order valence-corrected chi connectivity index (χ4v) is 3.72. The zero-order valence-electron chi connectivity index (χ0n) is 12.8. The highest BCUT2D eigenvalue weighted by Crippen LogP contribution is 2.17. The average Bonchev–Trinajstić information content (AvgIpc) is 3.07. The predicted octanol–water partition coefficient (Wildman–Crippen LogP) is 3.87. The predicted molar refractivity (Wildman–Crippen MR) is 99.4 cm³/mol. The summed E-state index contributed by atoms with van der Waals surface area (Å²) in [4.78, 5) is 16.6. The largest absolute Gasteiger partial charge is 0.337 e. The molecule has 0 saturated carbocycles. The Balaban J connectivity index is 1.51. The van der Waals surface area contributed by atoms with Crippen molar-refractivity contribution in [1.82, 2.24) is 9.80 Å². The standard InChI is InChI=1S/C18H19BrN2OS/c19-17-4-2-1-3-16(17)5-6-18(22)21-10-8-20(9-11-21)13-15-7-12-23-14-15/h1-7,12,14H,8-11,13H2/b6-5+. The first-order valence-electron chi connectivity index (χ1n) is 7.67. The number of piperazine rings is 1. The van der Waals surface area contributed by atoms with Crippen molar-refractivity contribution >= 4 is 39.2 Å². The zero-order chi connectivity index (χ0) is 16.1. The number of amides is 1. The van der Waals surface area contributed by atoms with Crippen LogP contribution in [0.3, 0.4) is 0 Å². The van der Waals surface area contributed by atoms with Crippen LogP contribution in [0.25, 0.3) is 6.08 Å². The Morgan fingerprint density at radius 1 is 1.17 bits per heavy atom. The lowest BCUT2D eigenvalue weighted by molar-refractivity contribution is -0.127. The van der Waals surface area contributed by atoms with Gasteiger partial charge in [-0.2, -0.15) is 11.3 Å². The Bertz CT molecular complexity index is 676. The van der Waals surface area contributed by atoms with E-state index in [9.17, 15) is 4.79 Å². The maximum absolute atomic E-state index is 12.3. The first-order chi connectivity index (χ1) is 11.2. The summed E-state index contributed by atoms with van der Waals surface area (Å²) in [7, 11) is 0. The minimum absolute atomic E-state index is 0.0935. The molecule has 0 bridgehead atoms. The van der Waals surface area contributed by atoms with E-state index in [1.54, 1.807) is 17.4 Å². The Morgan fingerprint density at radius 2 is 1.96 bits per heavy atom. The van der Waals surface area contributed by atoms with Crippen molar-refractivity contribution in [2.24, 2.45) is 0 Å². The summed E-state index contributed by atoms with van der Waals surface area (Å²) >= 11 is 5.23. The Labute approximate surface area is 149 Å². The maximum atomic E-state index is 12.3. The number of rotatable bonds is 4. The smallest absolute Gasteiger partial charge is 0.246 e. The molecule has 0 unspecified atom stereocenters. The molecule has 1 aliphatic rings. The van der Waals surface area contributed by atoms with Crippen LogP contribution in [0.5, 0.6) is 0 Å². The van der Waals surface area contributed by atoms with E-state index < -0.39 is 0 Å². The molecule has 120 valence electrons. The second-order valence-electron chi connectivity index (χ2n) is 5.59. The molecule has 3 rings (SSSR count). The highest BCUT2D eigenvalue weighted by Gasteiger charge is 2.19. The van der Waals surface area contributed by atoms with Crippen molar-refractivity contribution in [3.05, 3.63) is 62.8 Å². The van der Waals surface area contributed by atoms with Gasteiger partial charge in [-0.1, -0.05) is 34.1 Å². The number of carbonyl (C=O) groups is 1. The normalized spacial score (nSPS) is 16.1.